The Morgan fingerprint density at radius 3 is 0.688 bits per heavy atom. The van der Waals surface area contributed by atoms with Crippen LogP contribution in [0.3, 0.4) is 0 Å². The summed E-state index contributed by atoms with van der Waals surface area (Å²) in [6.45, 7) is 9.06. The topological polar surface area (TPSA) is 213 Å². The Labute approximate surface area is 572 Å². The van der Waals surface area contributed by atoms with E-state index in [2.05, 4.69) is 76.3 Å². The third-order valence-corrected chi connectivity index (χ3v) is 17.0. The van der Waals surface area contributed by atoms with Crippen LogP contribution in [0.2, 0.25) is 0 Å². The molecule has 0 heterocycles. The highest BCUT2D eigenvalue weighted by Crippen LogP contribution is 2.24. The van der Waals surface area contributed by atoms with Crippen LogP contribution in [0.1, 0.15) is 387 Å². The van der Waals surface area contributed by atoms with Crippen molar-refractivity contribution in [3.05, 3.63) is 72.9 Å². The number of allylic oxidation sites excluding steroid dienone is 8. The van der Waals surface area contributed by atoms with Gasteiger partial charge in [-0.15, -0.1) is 0 Å². The lowest BCUT2D eigenvalue weighted by Crippen LogP contribution is -2.43. The standard InChI is InChI=1S/2C40H71NO3.H2O4S/c2*1-3-5-7-9-11-13-15-17-19-21-23-25-27-29-31-33-39(34-37-42)44-40(41,36-38-43)35-32-30-28-26-24-22-20-18-16-14-12-10-8-6-4-2;1-5(2,3)4/h2*17-20,34,36,39H,3-16,21-33,35,41H2,1-2H3;(H2,1,2,3,4)/b2*19-17-,20-18-;. The molecular formula is C80H144N2O10S. The molecule has 4 atom stereocenters. The molecule has 0 saturated heterocycles. The average molecular weight is 1330 g/mol. The molecule has 0 amide bonds. The Morgan fingerprint density at radius 2 is 0.495 bits per heavy atom. The molecule has 0 radical (unpaired) electrons. The highest BCUT2D eigenvalue weighted by molar-refractivity contribution is 7.79. The molecule has 0 aliphatic carbocycles. The van der Waals surface area contributed by atoms with Gasteiger partial charge in [0, 0.05) is 24.3 Å². The van der Waals surface area contributed by atoms with Crippen LogP contribution < -0.4 is 11.5 Å². The molecular weight excluding hydrogens is 1180 g/mol. The van der Waals surface area contributed by atoms with Crippen molar-refractivity contribution in [2.75, 3.05) is 0 Å². The predicted molar refractivity (Wildman–Crippen MR) is 397 cm³/mol. The first-order valence-electron chi connectivity index (χ1n) is 38.3. The first-order valence-corrected chi connectivity index (χ1v) is 39.7. The van der Waals surface area contributed by atoms with Gasteiger partial charge in [0.1, 0.15) is 35.2 Å². The molecule has 93 heavy (non-hydrogen) atoms. The van der Waals surface area contributed by atoms with E-state index in [1.807, 2.05) is 23.8 Å². The zero-order valence-corrected chi connectivity index (χ0v) is 61.2. The summed E-state index contributed by atoms with van der Waals surface area (Å²) >= 11 is 0. The van der Waals surface area contributed by atoms with Crippen molar-refractivity contribution in [2.24, 2.45) is 11.5 Å². The van der Waals surface area contributed by atoms with Crippen molar-refractivity contribution in [2.45, 2.75) is 411 Å². The van der Waals surface area contributed by atoms with E-state index in [1.165, 1.54) is 281 Å². The van der Waals surface area contributed by atoms with Gasteiger partial charge >= 0.3 is 10.4 Å². The summed E-state index contributed by atoms with van der Waals surface area (Å²) in [6, 6.07) is 0. The Kier molecular flexibility index (Phi) is 76.4. The van der Waals surface area contributed by atoms with E-state index in [4.69, 9.17) is 38.5 Å². The minimum Gasteiger partial charge on any atom is -0.348 e. The molecule has 0 saturated carbocycles. The number of ether oxygens (including phenoxy) is 2. The number of hydrogen-bond donors (Lipinski definition) is 4. The van der Waals surface area contributed by atoms with E-state index in [-0.39, 0.29) is 0 Å². The summed E-state index contributed by atoms with van der Waals surface area (Å²) in [6.07, 6.45) is 90.4. The number of rotatable bonds is 68. The van der Waals surface area contributed by atoms with Gasteiger partial charge in [-0.2, -0.15) is 8.42 Å². The molecule has 0 aliphatic heterocycles. The van der Waals surface area contributed by atoms with Gasteiger partial charge in [-0.25, -0.2) is 19.2 Å². The van der Waals surface area contributed by atoms with Crippen molar-refractivity contribution in [3.63, 3.8) is 0 Å². The van der Waals surface area contributed by atoms with Crippen LogP contribution in [0.5, 0.6) is 0 Å². The van der Waals surface area contributed by atoms with Crippen LogP contribution in [-0.4, -0.2) is 64.9 Å². The highest BCUT2D eigenvalue weighted by Gasteiger charge is 2.28. The quantitative estimate of drug-likeness (QED) is 0.0147. The van der Waals surface area contributed by atoms with E-state index in [0.29, 0.717) is 25.7 Å². The van der Waals surface area contributed by atoms with Gasteiger partial charge in [-0.1, -0.05) is 295 Å². The Morgan fingerprint density at radius 1 is 0.312 bits per heavy atom. The van der Waals surface area contributed by atoms with Crippen molar-refractivity contribution in [3.8, 4) is 0 Å². The molecule has 6 N–H and O–H groups in total. The van der Waals surface area contributed by atoms with Crippen LogP contribution in [0.25, 0.3) is 0 Å². The largest absolute Gasteiger partial charge is 0.394 e. The van der Waals surface area contributed by atoms with E-state index in [9.17, 15) is 19.2 Å². The van der Waals surface area contributed by atoms with Gasteiger partial charge in [0.2, 0.25) is 0 Å². The van der Waals surface area contributed by atoms with Gasteiger partial charge in [0.05, 0.1) is 12.2 Å². The van der Waals surface area contributed by atoms with Crippen LogP contribution >= 0.6 is 0 Å². The monoisotopic (exact) mass is 1330 g/mol. The van der Waals surface area contributed by atoms with Crippen LogP contribution in [0.4, 0.5) is 0 Å². The summed E-state index contributed by atoms with van der Waals surface area (Å²) in [5, 5.41) is 0. The molecule has 0 aromatic rings. The third kappa shape index (κ3) is 80.8. The molecule has 0 aliphatic rings. The first kappa shape index (κ1) is 93.7. The Bertz CT molecular complexity index is 1900. The van der Waals surface area contributed by atoms with Crippen molar-refractivity contribution < 1.29 is 46.2 Å². The lowest BCUT2D eigenvalue weighted by molar-refractivity contribution is -0.0479. The smallest absolute Gasteiger partial charge is 0.348 e. The number of unbranched alkanes of at least 4 members (excludes halogenated alkanes) is 44. The Balaban J connectivity index is -0.00000162. The minimum atomic E-state index is -4.67. The zero-order valence-electron chi connectivity index (χ0n) is 60.4. The minimum absolute atomic E-state index is 0.421. The predicted octanol–water partition coefficient (Wildman–Crippen LogP) is 23.1. The molecule has 0 spiro atoms. The second-order valence-corrected chi connectivity index (χ2v) is 27.1. The van der Waals surface area contributed by atoms with Crippen LogP contribution in [0, 0.1) is 0 Å². The van der Waals surface area contributed by atoms with Gasteiger partial charge in [0.15, 0.2) is 0 Å². The fraction of sp³-hybridized carbons (Fsp3) is 0.800. The van der Waals surface area contributed by atoms with E-state index >= 15 is 0 Å². The molecule has 0 aromatic carbocycles. The maximum Gasteiger partial charge on any atom is 0.394 e. The second-order valence-electron chi connectivity index (χ2n) is 26.2. The van der Waals surface area contributed by atoms with Gasteiger partial charge in [0.25, 0.3) is 0 Å². The molecule has 0 bridgehead atoms. The van der Waals surface area contributed by atoms with Crippen molar-refractivity contribution in [1.82, 2.24) is 0 Å². The SMILES string of the molecule is CCCCCCCC/C=C\CCCCCCCC(C=C=O)OC(N)(C=C=O)CCCCCCC/C=C\CCCCCCCC.CCCCCCCC/C=C\CCCCCCCC(C=C=O)OC(N)(C=C=O)CCCCCCC/C=C\CCCCCCCC.O=S(=O)(O)O. The maximum atomic E-state index is 11.2. The maximum absolute atomic E-state index is 11.2. The number of carbonyl (C=O) groups excluding carboxylic acids is 4. The summed E-state index contributed by atoms with van der Waals surface area (Å²) in [5.41, 5.74) is 10.5. The normalized spacial score (nSPS) is 13.5. The summed E-state index contributed by atoms with van der Waals surface area (Å²) in [7, 11) is -4.67. The molecule has 13 heteroatoms. The number of nitrogens with two attached hydrogens (primary N) is 2. The highest BCUT2D eigenvalue weighted by atomic mass is 32.3. The summed E-state index contributed by atoms with van der Waals surface area (Å²) < 4.78 is 43.7. The van der Waals surface area contributed by atoms with Crippen LogP contribution in [0.15, 0.2) is 72.9 Å². The van der Waals surface area contributed by atoms with E-state index < -0.39 is 34.1 Å². The zero-order chi connectivity index (χ0) is 69.0. The summed E-state index contributed by atoms with van der Waals surface area (Å²) in [4.78, 5) is 44.6. The number of hydrogen-bond acceptors (Lipinski definition) is 10. The lowest BCUT2D eigenvalue weighted by Gasteiger charge is -2.29. The van der Waals surface area contributed by atoms with Gasteiger partial charge < -0.3 is 9.47 Å². The van der Waals surface area contributed by atoms with E-state index in [1.54, 1.807) is 0 Å². The molecule has 4 unspecified atom stereocenters. The van der Waals surface area contributed by atoms with Crippen molar-refractivity contribution >= 4 is 34.2 Å². The lowest BCUT2D eigenvalue weighted by atomic mass is 10.0. The molecule has 0 aromatic heterocycles. The Hall–Kier alpha value is -3.53. The molecule has 12 nitrogen and oxygen atoms in total. The van der Waals surface area contributed by atoms with Gasteiger partial charge in [-0.3, -0.25) is 20.6 Å². The molecule has 540 valence electrons. The first-order chi connectivity index (χ1) is 45.2. The van der Waals surface area contributed by atoms with Crippen molar-refractivity contribution in [1.29, 1.82) is 0 Å². The third-order valence-electron chi connectivity index (χ3n) is 17.0. The second kappa shape index (κ2) is 75.8. The van der Waals surface area contributed by atoms with E-state index in [0.717, 1.165) is 77.0 Å². The van der Waals surface area contributed by atoms with Crippen LogP contribution in [-0.2, 0) is 39.1 Å². The fourth-order valence-corrected chi connectivity index (χ4v) is 11.4. The fourth-order valence-electron chi connectivity index (χ4n) is 11.4. The summed E-state index contributed by atoms with van der Waals surface area (Å²) in [5.74, 6) is 7.41. The van der Waals surface area contributed by atoms with Gasteiger partial charge in [-0.05, 0) is 141 Å². The average Bonchev–Trinajstić information content (AvgIpc) is 1.34. The molecule has 0 rings (SSSR count). The molecule has 0 fully saturated rings.